The molecule has 4 aromatic carbocycles. The molecule has 0 heterocycles. The number of carbonyl (C=O) groups is 2. The van der Waals surface area contributed by atoms with Gasteiger partial charge in [-0.15, -0.1) is 0 Å². The molecule has 0 fully saturated rings. The van der Waals surface area contributed by atoms with Gasteiger partial charge in [-0.25, -0.2) is 19.7 Å². The molecule has 0 radical (unpaired) electrons. The fraction of sp³-hybridized carbons (Fsp3) is 0.278. The second-order valence-electron chi connectivity index (χ2n) is 12.1. The van der Waals surface area contributed by atoms with Crippen LogP contribution in [-0.2, 0) is 9.68 Å². The van der Waals surface area contributed by atoms with Crippen molar-refractivity contribution in [3.8, 4) is 0 Å². The summed E-state index contributed by atoms with van der Waals surface area (Å²) in [6.07, 6.45) is -8.37. The highest BCUT2D eigenvalue weighted by molar-refractivity contribution is 14.1. The molecule has 2 unspecified atom stereocenters. The van der Waals surface area contributed by atoms with E-state index in [4.69, 9.17) is 33.1 Å². The third-order valence-electron chi connectivity index (χ3n) is 7.50. The number of aliphatic hydroxyl groups is 2. The number of hydroxylamine groups is 2. The first kappa shape index (κ1) is 46.3. The van der Waals surface area contributed by atoms with E-state index in [1.54, 1.807) is 24.5 Å². The first-order valence-electron chi connectivity index (χ1n) is 16.0. The summed E-state index contributed by atoms with van der Waals surface area (Å²) in [6, 6.07) is 15.5. The van der Waals surface area contributed by atoms with E-state index >= 15 is 0 Å². The van der Waals surface area contributed by atoms with Crippen molar-refractivity contribution in [1.29, 1.82) is 0 Å². The van der Waals surface area contributed by atoms with Crippen LogP contribution in [0, 0.1) is 38.5 Å². The van der Waals surface area contributed by atoms with Crippen molar-refractivity contribution in [2.45, 2.75) is 46.1 Å². The number of hydrogen-bond acceptors (Lipinski definition) is 8. The largest absolute Gasteiger partial charge is 0.416 e. The van der Waals surface area contributed by atoms with Gasteiger partial charge in [0.15, 0.2) is 6.10 Å². The van der Waals surface area contributed by atoms with E-state index < -0.39 is 48.4 Å². The molecule has 0 aromatic heterocycles. The van der Waals surface area contributed by atoms with E-state index in [1.807, 2.05) is 45.0 Å². The predicted molar refractivity (Wildman–Crippen MR) is 217 cm³/mol. The molecule has 0 saturated carbocycles. The van der Waals surface area contributed by atoms with Crippen molar-refractivity contribution in [1.82, 2.24) is 11.0 Å². The Morgan fingerprint density at radius 1 is 0.709 bits per heavy atom. The van der Waals surface area contributed by atoms with Crippen LogP contribution >= 0.6 is 68.4 Å². The molecule has 55 heavy (non-hydrogen) atoms. The molecular formula is C36H35Cl2F5I2N4O6. The lowest BCUT2D eigenvalue weighted by atomic mass is 10.1. The zero-order valence-corrected chi connectivity index (χ0v) is 35.2. The van der Waals surface area contributed by atoms with Crippen molar-refractivity contribution >= 4 is 103 Å². The molecule has 0 saturated heterocycles. The molecule has 2 amide bonds. The van der Waals surface area contributed by atoms with Crippen LogP contribution in [0.25, 0.3) is 0 Å². The highest BCUT2D eigenvalue weighted by Gasteiger charge is 2.38. The van der Waals surface area contributed by atoms with E-state index in [9.17, 15) is 36.6 Å². The number of nitrogens with one attached hydrogen (secondary N) is 4. The second-order valence-corrected chi connectivity index (χ2v) is 15.5. The van der Waals surface area contributed by atoms with Gasteiger partial charge in [-0.2, -0.15) is 13.2 Å². The molecule has 19 heteroatoms. The van der Waals surface area contributed by atoms with E-state index in [0.717, 1.165) is 42.2 Å². The first-order chi connectivity index (χ1) is 25.7. The smallest absolute Gasteiger partial charge is 0.390 e. The summed E-state index contributed by atoms with van der Waals surface area (Å²) in [7, 11) is 0. The zero-order chi connectivity index (χ0) is 41.2. The summed E-state index contributed by atoms with van der Waals surface area (Å²) in [5.41, 5.74) is 7.38. The van der Waals surface area contributed by atoms with E-state index in [2.05, 4.69) is 66.1 Å². The van der Waals surface area contributed by atoms with Crippen LogP contribution in [0.3, 0.4) is 0 Å². The van der Waals surface area contributed by atoms with Gasteiger partial charge in [0.25, 0.3) is 11.8 Å². The number of halogens is 9. The van der Waals surface area contributed by atoms with E-state index in [0.29, 0.717) is 5.69 Å². The Labute approximate surface area is 350 Å². The minimum atomic E-state index is -4.89. The Balaban J connectivity index is 0.000000296. The fourth-order valence-electron chi connectivity index (χ4n) is 4.28. The lowest BCUT2D eigenvalue weighted by Crippen LogP contribution is -2.36. The molecule has 0 bridgehead atoms. The average Bonchev–Trinajstić information content (AvgIpc) is 3.09. The molecule has 4 rings (SSSR count). The Kier molecular flexibility index (Phi) is 17.6. The van der Waals surface area contributed by atoms with Crippen LogP contribution in [0.4, 0.5) is 44.7 Å². The van der Waals surface area contributed by atoms with Crippen LogP contribution < -0.4 is 21.6 Å². The normalized spacial score (nSPS) is 12.4. The molecule has 6 N–H and O–H groups in total. The van der Waals surface area contributed by atoms with Crippen LogP contribution in [0.1, 0.15) is 45.7 Å². The van der Waals surface area contributed by atoms with E-state index in [-0.39, 0.29) is 45.1 Å². The Hall–Kier alpha value is -3.05. The van der Waals surface area contributed by atoms with Crippen molar-refractivity contribution in [3.05, 3.63) is 112 Å². The molecule has 0 aliphatic heterocycles. The number of benzene rings is 4. The van der Waals surface area contributed by atoms with Gasteiger partial charge in [0.2, 0.25) is 0 Å². The molecule has 10 nitrogen and oxygen atoms in total. The molecule has 0 aliphatic carbocycles. The molecule has 0 aliphatic rings. The average molecular weight is 1040 g/mol. The van der Waals surface area contributed by atoms with Crippen LogP contribution in [-0.4, -0.2) is 53.6 Å². The summed E-state index contributed by atoms with van der Waals surface area (Å²) in [5.74, 6) is -3.02. The molecule has 2 atom stereocenters. The highest BCUT2D eigenvalue weighted by atomic mass is 127. The van der Waals surface area contributed by atoms with Gasteiger partial charge in [-0.1, -0.05) is 37.0 Å². The quantitative estimate of drug-likeness (QED) is 0.0442. The number of rotatable bonds is 13. The van der Waals surface area contributed by atoms with Crippen molar-refractivity contribution in [3.63, 3.8) is 0 Å². The lowest BCUT2D eigenvalue weighted by molar-refractivity contribution is -0.221. The Morgan fingerprint density at radius 2 is 1.11 bits per heavy atom. The van der Waals surface area contributed by atoms with Gasteiger partial charge >= 0.3 is 6.18 Å². The summed E-state index contributed by atoms with van der Waals surface area (Å²) in [5, 5.41) is 24.0. The zero-order valence-electron chi connectivity index (χ0n) is 29.3. The van der Waals surface area contributed by atoms with Crippen molar-refractivity contribution in [2.24, 2.45) is 5.92 Å². The van der Waals surface area contributed by atoms with E-state index in [1.165, 1.54) is 6.07 Å². The summed E-state index contributed by atoms with van der Waals surface area (Å²) in [6.45, 7) is 6.12. The lowest BCUT2D eigenvalue weighted by Gasteiger charge is -2.17. The van der Waals surface area contributed by atoms with Gasteiger partial charge in [-0.05, 0) is 137 Å². The molecule has 298 valence electrons. The maximum atomic E-state index is 14.0. The maximum absolute atomic E-state index is 14.0. The number of amides is 2. The van der Waals surface area contributed by atoms with Crippen molar-refractivity contribution < 1.29 is 51.4 Å². The minimum Gasteiger partial charge on any atom is -0.390 e. The van der Waals surface area contributed by atoms with Gasteiger partial charge in [0.1, 0.15) is 24.8 Å². The van der Waals surface area contributed by atoms with Gasteiger partial charge in [0.05, 0.1) is 38.7 Å². The molecule has 4 aromatic rings. The number of carbonyl (C=O) groups excluding carboxylic acids is 2. The number of aryl methyl sites for hydroxylation is 2. The highest BCUT2D eigenvalue weighted by Crippen LogP contribution is 2.31. The Morgan fingerprint density at radius 3 is 1.47 bits per heavy atom. The monoisotopic (exact) mass is 1040 g/mol. The van der Waals surface area contributed by atoms with Gasteiger partial charge in [-0.3, -0.25) is 19.3 Å². The van der Waals surface area contributed by atoms with Crippen molar-refractivity contribution in [2.75, 3.05) is 23.8 Å². The number of alkyl halides is 3. The summed E-state index contributed by atoms with van der Waals surface area (Å²) >= 11 is 15.9. The van der Waals surface area contributed by atoms with Crippen LogP contribution in [0.5, 0.6) is 0 Å². The fourth-order valence-corrected chi connectivity index (χ4v) is 5.90. The van der Waals surface area contributed by atoms with Gasteiger partial charge in [0, 0.05) is 18.5 Å². The summed E-state index contributed by atoms with van der Waals surface area (Å²) in [4.78, 5) is 34.2. The third-order valence-corrected chi connectivity index (χ3v) is 9.42. The number of anilines is 4. The first-order valence-corrected chi connectivity index (χ1v) is 18.9. The SMILES string of the molecule is Cc1cc(I)ccc1Nc1cc(F)c(Cl)cc1C(=O)NOCC(O)C(C)C.Cc1cc(I)ccc1Nc1cc(F)c(Cl)cc1C(=O)NOCC(O)C(F)(F)F. The molecule has 0 spiro atoms. The molecular weight excluding hydrogens is 1000 g/mol. The number of hydrogen-bond donors (Lipinski definition) is 6. The van der Waals surface area contributed by atoms with Gasteiger partial charge < -0.3 is 20.8 Å². The van der Waals surface area contributed by atoms with Crippen LogP contribution in [0.2, 0.25) is 10.0 Å². The Bertz CT molecular complexity index is 1990. The predicted octanol–water partition coefficient (Wildman–Crippen LogP) is 9.53. The summed E-state index contributed by atoms with van der Waals surface area (Å²) < 4.78 is 66.6. The topological polar surface area (TPSA) is 141 Å². The second kappa shape index (κ2) is 20.9. The third kappa shape index (κ3) is 14.1. The number of aliphatic hydroxyl groups excluding tert-OH is 2. The standard InChI is InChI=1S/C19H21ClFIN2O3.C17H14ClF4IN2O3/c1-10(2)18(25)9-27-24-19(26)13-7-14(20)15(21)8-17(13)23-16-5-4-12(22)6-11(16)3;1-8-4-9(23)2-3-13(8)24-14-6-12(19)11(18)5-10(14)16(27)25-28-7-15(26)17(20,21)22/h4-8,10,18,23,25H,9H2,1-3H3,(H,24,26);2-6,15,24,26H,7H2,1H3,(H,25,27). The van der Waals surface area contributed by atoms with Crippen LogP contribution in [0.15, 0.2) is 60.7 Å². The minimum absolute atomic E-state index is 0.0109. The maximum Gasteiger partial charge on any atom is 0.416 e.